The first-order valence-corrected chi connectivity index (χ1v) is 6.49. The summed E-state index contributed by atoms with van der Waals surface area (Å²) < 4.78 is 0. The zero-order chi connectivity index (χ0) is 10.3. The summed E-state index contributed by atoms with van der Waals surface area (Å²) in [4.78, 5) is 0. The number of hydrogen-bond donors (Lipinski definition) is 0. The third kappa shape index (κ3) is 4.62. The van der Waals surface area contributed by atoms with Gasteiger partial charge in [-0.3, -0.25) is 0 Å². The largest absolute Gasteiger partial charge is 0.165 e. The maximum absolute atomic E-state index is 5.39. The fourth-order valence-corrected chi connectivity index (χ4v) is 2.84. The van der Waals surface area contributed by atoms with Gasteiger partial charge < -0.3 is 0 Å². The van der Waals surface area contributed by atoms with E-state index in [1.54, 1.807) is 0 Å². The first-order chi connectivity index (χ1) is 6.17. The lowest BCUT2D eigenvalue weighted by atomic mass is 9.81. The molecule has 0 rings (SSSR count). The van der Waals surface area contributed by atoms with Crippen molar-refractivity contribution in [3.05, 3.63) is 0 Å². The first kappa shape index (κ1) is 12.9. The van der Waals surface area contributed by atoms with Crippen LogP contribution in [0, 0.1) is 30.1 Å². The number of terminal acetylenes is 1. The van der Waals surface area contributed by atoms with E-state index in [9.17, 15) is 0 Å². The average Bonchev–Trinajstić information content (AvgIpc) is 2.05. The molecule has 0 aliphatic carbocycles. The van der Waals surface area contributed by atoms with Crippen LogP contribution in [0.25, 0.3) is 0 Å². The van der Waals surface area contributed by atoms with Crippen LogP contribution in [0.1, 0.15) is 33.6 Å². The van der Waals surface area contributed by atoms with E-state index in [0.29, 0.717) is 5.92 Å². The molecule has 0 aliphatic heterocycles. The summed E-state index contributed by atoms with van der Waals surface area (Å²) in [5.74, 6) is 6.29. The van der Waals surface area contributed by atoms with E-state index >= 15 is 0 Å². The molecule has 13 heavy (non-hydrogen) atoms. The molecule has 0 saturated heterocycles. The molecule has 2 unspecified atom stereocenters. The molecule has 0 aromatic carbocycles. The Hall–Kier alpha value is -0.0900. The normalized spacial score (nSPS) is 15.4. The summed E-state index contributed by atoms with van der Waals surface area (Å²) in [5, 5.41) is 0. The highest BCUT2D eigenvalue weighted by atomic mass is 32.2. The molecular weight excluding hydrogens is 176 g/mol. The van der Waals surface area contributed by atoms with E-state index in [1.807, 2.05) is 11.8 Å². The van der Waals surface area contributed by atoms with Crippen molar-refractivity contribution < 1.29 is 0 Å². The number of hydrogen-bond acceptors (Lipinski definition) is 1. The van der Waals surface area contributed by atoms with Gasteiger partial charge in [-0.25, -0.2) is 0 Å². The van der Waals surface area contributed by atoms with E-state index in [1.165, 1.54) is 12.2 Å². The van der Waals surface area contributed by atoms with E-state index in [0.717, 1.165) is 18.3 Å². The second-order valence-electron chi connectivity index (χ2n) is 3.94. The minimum absolute atomic E-state index is 0.713. The van der Waals surface area contributed by atoms with Gasteiger partial charge in [-0.15, -0.1) is 12.3 Å². The maximum Gasteiger partial charge on any atom is 0.0125 e. The lowest BCUT2D eigenvalue weighted by molar-refractivity contribution is 0.270. The van der Waals surface area contributed by atoms with Crippen molar-refractivity contribution >= 4 is 11.8 Å². The molecule has 0 nitrogen and oxygen atoms in total. The van der Waals surface area contributed by atoms with Crippen LogP contribution in [0.4, 0.5) is 0 Å². The molecule has 0 saturated carbocycles. The molecule has 0 aromatic heterocycles. The molecule has 0 spiro atoms. The summed E-state index contributed by atoms with van der Waals surface area (Å²) in [6, 6.07) is 0. The van der Waals surface area contributed by atoms with Gasteiger partial charge in [-0.1, -0.05) is 27.2 Å². The van der Waals surface area contributed by atoms with E-state index < -0.39 is 0 Å². The molecule has 0 aliphatic rings. The summed E-state index contributed by atoms with van der Waals surface area (Å²) in [7, 11) is 0. The van der Waals surface area contributed by atoms with Crippen molar-refractivity contribution in [2.45, 2.75) is 33.6 Å². The van der Waals surface area contributed by atoms with Gasteiger partial charge in [0.1, 0.15) is 0 Å². The Bertz CT molecular complexity index is 155. The minimum Gasteiger partial charge on any atom is -0.165 e. The molecule has 0 fully saturated rings. The summed E-state index contributed by atoms with van der Waals surface area (Å²) in [6.45, 7) is 6.88. The fraction of sp³-hybridized carbons (Fsp3) is 0.833. The minimum atomic E-state index is 0.713. The maximum atomic E-state index is 5.39. The van der Waals surface area contributed by atoms with Crippen LogP contribution in [0.5, 0.6) is 0 Å². The van der Waals surface area contributed by atoms with Crippen molar-refractivity contribution in [1.29, 1.82) is 0 Å². The predicted molar refractivity (Wildman–Crippen MR) is 63.9 cm³/mol. The topological polar surface area (TPSA) is 0 Å². The Morgan fingerprint density at radius 3 is 2.31 bits per heavy atom. The van der Waals surface area contributed by atoms with Gasteiger partial charge in [0.15, 0.2) is 0 Å². The molecule has 1 heteroatoms. The van der Waals surface area contributed by atoms with Crippen molar-refractivity contribution in [3.63, 3.8) is 0 Å². The molecule has 0 heterocycles. The monoisotopic (exact) mass is 198 g/mol. The third-order valence-corrected chi connectivity index (χ3v) is 3.46. The van der Waals surface area contributed by atoms with Crippen molar-refractivity contribution in [1.82, 2.24) is 0 Å². The molecule has 0 aromatic rings. The van der Waals surface area contributed by atoms with Crippen LogP contribution >= 0.6 is 11.8 Å². The van der Waals surface area contributed by atoms with Gasteiger partial charge in [0, 0.05) is 6.42 Å². The summed E-state index contributed by atoms with van der Waals surface area (Å²) >= 11 is 1.92. The second kappa shape index (κ2) is 7.33. The lowest BCUT2D eigenvalue weighted by Gasteiger charge is -2.27. The van der Waals surface area contributed by atoms with E-state index in [4.69, 9.17) is 6.42 Å². The highest BCUT2D eigenvalue weighted by Gasteiger charge is 2.21. The van der Waals surface area contributed by atoms with Gasteiger partial charge in [0.2, 0.25) is 0 Å². The fourth-order valence-electron chi connectivity index (χ4n) is 2.05. The van der Waals surface area contributed by atoms with Crippen molar-refractivity contribution in [3.8, 4) is 12.3 Å². The SMILES string of the molecule is C#CCC(CSC)C(CC)C(C)C. The Kier molecular flexibility index (Phi) is 7.28. The zero-order valence-corrected chi connectivity index (χ0v) is 10.2. The summed E-state index contributed by atoms with van der Waals surface area (Å²) in [5.41, 5.74) is 0. The Labute approximate surface area is 87.9 Å². The van der Waals surface area contributed by atoms with Crippen LogP contribution in [-0.4, -0.2) is 12.0 Å². The molecule has 0 amide bonds. The third-order valence-electron chi connectivity index (χ3n) is 2.69. The van der Waals surface area contributed by atoms with Gasteiger partial charge in [-0.2, -0.15) is 11.8 Å². The lowest BCUT2D eigenvalue weighted by Crippen LogP contribution is -2.21. The Balaban J connectivity index is 4.22. The molecule has 0 radical (unpaired) electrons. The van der Waals surface area contributed by atoms with Gasteiger partial charge >= 0.3 is 0 Å². The van der Waals surface area contributed by atoms with E-state index in [-0.39, 0.29) is 0 Å². The van der Waals surface area contributed by atoms with Crippen LogP contribution < -0.4 is 0 Å². The van der Waals surface area contributed by atoms with Crippen LogP contribution in [0.3, 0.4) is 0 Å². The molecule has 0 bridgehead atoms. The highest BCUT2D eigenvalue weighted by molar-refractivity contribution is 7.98. The highest BCUT2D eigenvalue weighted by Crippen LogP contribution is 2.28. The number of rotatable bonds is 6. The van der Waals surface area contributed by atoms with Crippen LogP contribution in [0.15, 0.2) is 0 Å². The van der Waals surface area contributed by atoms with Gasteiger partial charge in [-0.05, 0) is 29.8 Å². The van der Waals surface area contributed by atoms with Crippen molar-refractivity contribution in [2.75, 3.05) is 12.0 Å². The van der Waals surface area contributed by atoms with Crippen LogP contribution in [0.2, 0.25) is 0 Å². The first-order valence-electron chi connectivity index (χ1n) is 5.09. The molecule has 0 N–H and O–H groups in total. The molecular formula is C12H22S. The molecule has 2 atom stereocenters. The predicted octanol–water partition coefficient (Wildman–Crippen LogP) is 3.67. The Morgan fingerprint density at radius 1 is 1.38 bits per heavy atom. The van der Waals surface area contributed by atoms with Crippen LogP contribution in [-0.2, 0) is 0 Å². The van der Waals surface area contributed by atoms with Gasteiger partial charge in [0.25, 0.3) is 0 Å². The quantitative estimate of drug-likeness (QED) is 0.587. The Morgan fingerprint density at radius 2 is 2.00 bits per heavy atom. The van der Waals surface area contributed by atoms with E-state index in [2.05, 4.69) is 32.9 Å². The smallest absolute Gasteiger partial charge is 0.0125 e. The van der Waals surface area contributed by atoms with Crippen molar-refractivity contribution in [2.24, 2.45) is 17.8 Å². The average molecular weight is 198 g/mol. The molecule has 76 valence electrons. The van der Waals surface area contributed by atoms with Gasteiger partial charge in [0.05, 0.1) is 0 Å². The summed E-state index contributed by atoms with van der Waals surface area (Å²) in [6.07, 6.45) is 9.75. The second-order valence-corrected chi connectivity index (χ2v) is 4.85. The zero-order valence-electron chi connectivity index (χ0n) is 9.34. The standard InChI is InChI=1S/C12H22S/c1-6-8-11(9-13-5)12(7-2)10(3)4/h1,10-12H,7-9H2,2-5H3. The number of thioether (sulfide) groups is 1.